The van der Waals surface area contributed by atoms with Crippen molar-refractivity contribution >= 4 is 23.5 Å². The van der Waals surface area contributed by atoms with Crippen LogP contribution in [0.1, 0.15) is 16.7 Å². The molecule has 33 heavy (non-hydrogen) atoms. The van der Waals surface area contributed by atoms with Gasteiger partial charge in [0.2, 0.25) is 6.79 Å². The monoisotopic (exact) mass is 445 g/mol. The topological polar surface area (TPSA) is 83.1 Å². The van der Waals surface area contributed by atoms with Crippen LogP contribution < -0.4 is 19.5 Å². The summed E-state index contributed by atoms with van der Waals surface area (Å²) in [6, 6.07) is 21.9. The first-order valence-corrected chi connectivity index (χ1v) is 10.4. The molecule has 0 saturated heterocycles. The van der Waals surface area contributed by atoms with Gasteiger partial charge in [-0.25, -0.2) is 4.79 Å². The summed E-state index contributed by atoms with van der Waals surface area (Å²) in [5, 5.41) is 2.74. The zero-order valence-electron chi connectivity index (χ0n) is 18.1. The number of carbonyl (C=O) groups is 2. The van der Waals surface area contributed by atoms with Crippen LogP contribution in [0, 0.1) is 0 Å². The first kappa shape index (κ1) is 22.0. The van der Waals surface area contributed by atoms with E-state index in [1.54, 1.807) is 25.3 Å². The van der Waals surface area contributed by atoms with E-state index in [9.17, 15) is 9.59 Å². The van der Waals surface area contributed by atoms with Crippen LogP contribution >= 0.6 is 0 Å². The van der Waals surface area contributed by atoms with Crippen LogP contribution in [0.25, 0.3) is 11.6 Å². The number of esters is 1. The van der Waals surface area contributed by atoms with Crippen molar-refractivity contribution in [1.82, 2.24) is 5.32 Å². The van der Waals surface area contributed by atoms with Gasteiger partial charge in [-0.3, -0.25) is 4.79 Å². The Hall–Kier alpha value is -4.26. The molecule has 0 aliphatic carbocycles. The molecule has 0 radical (unpaired) electrons. The van der Waals surface area contributed by atoms with E-state index in [0.29, 0.717) is 28.4 Å². The Labute approximate surface area is 191 Å². The number of fused-ring (bicyclic) bond motifs is 1. The molecule has 1 N–H and O–H groups in total. The summed E-state index contributed by atoms with van der Waals surface area (Å²) >= 11 is 0. The van der Waals surface area contributed by atoms with Gasteiger partial charge in [-0.2, -0.15) is 0 Å². The van der Waals surface area contributed by atoms with Crippen molar-refractivity contribution in [3.63, 3.8) is 0 Å². The van der Waals surface area contributed by atoms with E-state index in [4.69, 9.17) is 18.9 Å². The minimum absolute atomic E-state index is 0.188. The number of hydrogen-bond acceptors (Lipinski definition) is 6. The molecule has 3 aromatic carbocycles. The summed E-state index contributed by atoms with van der Waals surface area (Å²) in [5.74, 6) is 0.924. The van der Waals surface area contributed by atoms with Crippen molar-refractivity contribution in [2.75, 3.05) is 20.5 Å². The van der Waals surface area contributed by atoms with E-state index in [1.807, 2.05) is 60.7 Å². The lowest BCUT2D eigenvalue weighted by atomic mass is 10.0. The summed E-state index contributed by atoms with van der Waals surface area (Å²) in [6.07, 6.45) is 1.70. The molecular formula is C26H23NO6. The molecule has 1 aliphatic heterocycles. The average molecular weight is 445 g/mol. The van der Waals surface area contributed by atoms with Crippen LogP contribution in [-0.2, 0) is 20.9 Å². The molecule has 4 rings (SSSR count). The van der Waals surface area contributed by atoms with Gasteiger partial charge >= 0.3 is 5.97 Å². The van der Waals surface area contributed by atoms with Crippen molar-refractivity contribution in [2.24, 2.45) is 0 Å². The maximum Gasteiger partial charge on any atom is 0.339 e. The Morgan fingerprint density at radius 3 is 2.55 bits per heavy atom. The fraction of sp³-hybridized carbons (Fsp3) is 0.154. The molecule has 7 heteroatoms. The minimum Gasteiger partial charge on any atom is -0.496 e. The Morgan fingerprint density at radius 1 is 0.970 bits per heavy atom. The number of para-hydroxylation sites is 1. The summed E-state index contributed by atoms with van der Waals surface area (Å²) in [7, 11) is 1.57. The van der Waals surface area contributed by atoms with Crippen LogP contribution in [-0.4, -0.2) is 32.4 Å². The largest absolute Gasteiger partial charge is 0.496 e. The second-order valence-electron chi connectivity index (χ2n) is 7.21. The van der Waals surface area contributed by atoms with Crippen molar-refractivity contribution in [3.05, 3.63) is 89.5 Å². The Morgan fingerprint density at radius 2 is 1.73 bits per heavy atom. The summed E-state index contributed by atoms with van der Waals surface area (Å²) in [4.78, 5) is 25.2. The lowest BCUT2D eigenvalue weighted by Gasteiger charge is -2.11. The van der Waals surface area contributed by atoms with Gasteiger partial charge in [0.15, 0.2) is 18.1 Å². The fourth-order valence-electron chi connectivity index (χ4n) is 3.33. The quantitative estimate of drug-likeness (QED) is 0.322. The average Bonchev–Trinajstić information content (AvgIpc) is 3.33. The second-order valence-corrected chi connectivity index (χ2v) is 7.21. The molecule has 7 nitrogen and oxygen atoms in total. The molecular weight excluding hydrogens is 422 g/mol. The SMILES string of the molecule is COc1ccccc1/C=C(/C(=O)OCC(=O)NCc1ccc2c(c1)OCO2)c1ccccc1. The van der Waals surface area contributed by atoms with Gasteiger partial charge in [-0.15, -0.1) is 0 Å². The van der Waals surface area contributed by atoms with Gasteiger partial charge in [0.1, 0.15) is 5.75 Å². The molecule has 3 aromatic rings. The summed E-state index contributed by atoms with van der Waals surface area (Å²) < 4.78 is 21.3. The van der Waals surface area contributed by atoms with Crippen molar-refractivity contribution in [1.29, 1.82) is 0 Å². The number of ether oxygens (including phenoxy) is 4. The van der Waals surface area contributed by atoms with Crippen LogP contribution in [0.2, 0.25) is 0 Å². The number of benzene rings is 3. The lowest BCUT2D eigenvalue weighted by Crippen LogP contribution is -2.28. The maximum atomic E-state index is 12.9. The normalized spacial score (nSPS) is 12.2. The smallest absolute Gasteiger partial charge is 0.339 e. The highest BCUT2D eigenvalue weighted by atomic mass is 16.7. The van der Waals surface area contributed by atoms with E-state index in [0.717, 1.165) is 11.1 Å². The van der Waals surface area contributed by atoms with Crippen LogP contribution in [0.15, 0.2) is 72.8 Å². The third kappa shape index (κ3) is 5.51. The van der Waals surface area contributed by atoms with Crippen LogP contribution in [0.3, 0.4) is 0 Å². The highest BCUT2D eigenvalue weighted by Gasteiger charge is 2.17. The van der Waals surface area contributed by atoms with Crippen molar-refractivity contribution in [2.45, 2.75) is 6.54 Å². The standard InChI is InChI=1S/C26H23NO6/c1-30-22-10-6-5-9-20(22)14-21(19-7-3-2-4-8-19)26(29)31-16-25(28)27-15-18-11-12-23-24(13-18)33-17-32-23/h2-14H,15-17H2,1H3,(H,27,28)/b21-14+. The number of amides is 1. The molecule has 168 valence electrons. The fourth-order valence-corrected chi connectivity index (χ4v) is 3.33. The molecule has 1 aliphatic rings. The van der Waals surface area contributed by atoms with Crippen molar-refractivity contribution < 1.29 is 28.5 Å². The third-order valence-corrected chi connectivity index (χ3v) is 5.00. The molecule has 1 heterocycles. The van der Waals surface area contributed by atoms with Gasteiger partial charge in [0.05, 0.1) is 12.7 Å². The second kappa shape index (κ2) is 10.4. The van der Waals surface area contributed by atoms with Crippen LogP contribution in [0.4, 0.5) is 0 Å². The Balaban J connectivity index is 1.41. The van der Waals surface area contributed by atoms with Crippen LogP contribution in [0.5, 0.6) is 17.2 Å². The van der Waals surface area contributed by atoms with Gasteiger partial charge in [0.25, 0.3) is 5.91 Å². The van der Waals surface area contributed by atoms with E-state index in [1.165, 1.54) is 0 Å². The first-order valence-electron chi connectivity index (χ1n) is 10.4. The molecule has 0 unspecified atom stereocenters. The number of carbonyl (C=O) groups excluding carboxylic acids is 2. The van der Waals surface area contributed by atoms with E-state index in [-0.39, 0.29) is 13.3 Å². The lowest BCUT2D eigenvalue weighted by molar-refractivity contribution is -0.142. The zero-order valence-corrected chi connectivity index (χ0v) is 18.1. The third-order valence-electron chi connectivity index (χ3n) is 5.00. The number of nitrogens with one attached hydrogen (secondary N) is 1. The van der Waals surface area contributed by atoms with Gasteiger partial charge in [-0.05, 0) is 35.4 Å². The number of hydrogen-bond donors (Lipinski definition) is 1. The highest BCUT2D eigenvalue weighted by Crippen LogP contribution is 2.32. The minimum atomic E-state index is -0.606. The maximum absolute atomic E-state index is 12.9. The van der Waals surface area contributed by atoms with Gasteiger partial charge < -0.3 is 24.3 Å². The summed E-state index contributed by atoms with van der Waals surface area (Å²) in [6.45, 7) is 0.0579. The molecule has 0 spiro atoms. The van der Waals surface area contributed by atoms with Crippen molar-refractivity contribution in [3.8, 4) is 17.2 Å². The molecule has 0 saturated carbocycles. The molecule has 1 amide bonds. The molecule has 0 bridgehead atoms. The summed E-state index contributed by atoms with van der Waals surface area (Å²) in [5.41, 5.74) is 2.57. The van der Waals surface area contributed by atoms with E-state index in [2.05, 4.69) is 5.32 Å². The van der Waals surface area contributed by atoms with Gasteiger partial charge in [0, 0.05) is 12.1 Å². The molecule has 0 atom stereocenters. The van der Waals surface area contributed by atoms with Gasteiger partial charge in [-0.1, -0.05) is 54.6 Å². The first-order chi connectivity index (χ1) is 16.1. The molecule has 0 aromatic heterocycles. The number of rotatable bonds is 8. The highest BCUT2D eigenvalue weighted by molar-refractivity contribution is 6.22. The molecule has 0 fully saturated rings. The zero-order chi connectivity index (χ0) is 23.0. The predicted molar refractivity (Wildman–Crippen MR) is 123 cm³/mol. The van der Waals surface area contributed by atoms with E-state index >= 15 is 0 Å². The Bertz CT molecular complexity index is 1170. The van der Waals surface area contributed by atoms with E-state index < -0.39 is 18.5 Å². The Kier molecular flexibility index (Phi) is 6.90. The number of methoxy groups -OCH3 is 1. The predicted octanol–water partition coefficient (Wildman–Crippen LogP) is 3.82.